The van der Waals surface area contributed by atoms with Crippen molar-refractivity contribution in [2.45, 2.75) is 13.0 Å². The van der Waals surface area contributed by atoms with Crippen molar-refractivity contribution in [3.05, 3.63) is 75.4 Å². The first-order chi connectivity index (χ1) is 9.74. The van der Waals surface area contributed by atoms with Gasteiger partial charge in [0.1, 0.15) is 18.4 Å². The SMILES string of the molecule is C=CCc1cc(I)cc(C#N)c1OCc1ccccc1. The van der Waals surface area contributed by atoms with Gasteiger partial charge in [0.2, 0.25) is 0 Å². The largest absolute Gasteiger partial charge is 0.487 e. The lowest BCUT2D eigenvalue weighted by molar-refractivity contribution is 0.302. The molecule has 0 spiro atoms. The third-order valence-electron chi connectivity index (χ3n) is 2.84. The summed E-state index contributed by atoms with van der Waals surface area (Å²) >= 11 is 2.21. The van der Waals surface area contributed by atoms with Crippen LogP contribution in [0.5, 0.6) is 5.75 Å². The Balaban J connectivity index is 2.29. The number of nitriles is 1. The highest BCUT2D eigenvalue weighted by atomic mass is 127. The van der Waals surface area contributed by atoms with E-state index in [4.69, 9.17) is 4.74 Å². The zero-order chi connectivity index (χ0) is 14.4. The molecule has 100 valence electrons. The van der Waals surface area contributed by atoms with Crippen molar-refractivity contribution >= 4 is 22.6 Å². The second kappa shape index (κ2) is 7.11. The molecule has 0 aliphatic heterocycles. The van der Waals surface area contributed by atoms with Crippen LogP contribution in [0.1, 0.15) is 16.7 Å². The molecule has 0 aromatic heterocycles. The summed E-state index contributed by atoms with van der Waals surface area (Å²) < 4.78 is 6.91. The molecule has 0 amide bonds. The van der Waals surface area contributed by atoms with Gasteiger partial charge in [0, 0.05) is 9.13 Å². The van der Waals surface area contributed by atoms with Gasteiger partial charge in [-0.2, -0.15) is 5.26 Å². The van der Waals surface area contributed by atoms with Crippen LogP contribution < -0.4 is 4.74 Å². The molecule has 20 heavy (non-hydrogen) atoms. The average molecular weight is 375 g/mol. The molecule has 0 atom stereocenters. The Hall–Kier alpha value is -1.80. The predicted molar refractivity (Wildman–Crippen MR) is 88.5 cm³/mol. The van der Waals surface area contributed by atoms with Crippen molar-refractivity contribution in [3.63, 3.8) is 0 Å². The number of halogens is 1. The topological polar surface area (TPSA) is 33.0 Å². The molecule has 0 aliphatic rings. The van der Waals surface area contributed by atoms with Crippen molar-refractivity contribution in [2.24, 2.45) is 0 Å². The van der Waals surface area contributed by atoms with Gasteiger partial charge in [-0.25, -0.2) is 0 Å². The molecule has 0 N–H and O–H groups in total. The van der Waals surface area contributed by atoms with E-state index in [1.54, 1.807) is 0 Å². The molecule has 0 heterocycles. The molecule has 0 fully saturated rings. The number of hydrogen-bond donors (Lipinski definition) is 0. The van der Waals surface area contributed by atoms with Gasteiger partial charge < -0.3 is 4.74 Å². The summed E-state index contributed by atoms with van der Waals surface area (Å²) in [5.74, 6) is 0.664. The number of nitrogens with zero attached hydrogens (tertiary/aromatic N) is 1. The van der Waals surface area contributed by atoms with Crippen LogP contribution in [0, 0.1) is 14.9 Å². The molecule has 2 aromatic carbocycles. The Bertz CT molecular complexity index is 644. The first-order valence-corrected chi connectivity index (χ1v) is 7.32. The number of benzene rings is 2. The first kappa shape index (κ1) is 14.6. The maximum atomic E-state index is 9.27. The van der Waals surface area contributed by atoms with Gasteiger partial charge in [-0.05, 0) is 46.7 Å². The summed E-state index contributed by atoms with van der Waals surface area (Å²) in [4.78, 5) is 0. The van der Waals surface area contributed by atoms with Crippen LogP contribution in [0.25, 0.3) is 0 Å². The van der Waals surface area contributed by atoms with Gasteiger partial charge >= 0.3 is 0 Å². The lowest BCUT2D eigenvalue weighted by Gasteiger charge is -2.13. The molecule has 2 nitrogen and oxygen atoms in total. The van der Waals surface area contributed by atoms with Gasteiger partial charge in [-0.1, -0.05) is 36.4 Å². The molecule has 0 saturated carbocycles. The molecule has 3 heteroatoms. The molecular weight excluding hydrogens is 361 g/mol. The van der Waals surface area contributed by atoms with E-state index in [0.29, 0.717) is 24.3 Å². The lowest BCUT2D eigenvalue weighted by atomic mass is 10.1. The average Bonchev–Trinajstić information content (AvgIpc) is 2.47. The van der Waals surface area contributed by atoms with Crippen LogP contribution in [0.3, 0.4) is 0 Å². The molecule has 0 unspecified atom stereocenters. The van der Waals surface area contributed by atoms with Crippen LogP contribution >= 0.6 is 22.6 Å². The molecule has 0 saturated heterocycles. The maximum absolute atomic E-state index is 9.27. The van der Waals surface area contributed by atoms with Crippen molar-refractivity contribution in [1.29, 1.82) is 5.26 Å². The summed E-state index contributed by atoms with van der Waals surface area (Å²) in [6, 6.07) is 16.0. The van der Waals surface area contributed by atoms with Gasteiger partial charge in [-0.3, -0.25) is 0 Å². The van der Waals surface area contributed by atoms with E-state index in [9.17, 15) is 5.26 Å². The molecule has 2 rings (SSSR count). The molecule has 2 aromatic rings. The first-order valence-electron chi connectivity index (χ1n) is 6.24. The Kier molecular flexibility index (Phi) is 5.19. The highest BCUT2D eigenvalue weighted by molar-refractivity contribution is 14.1. The second-order valence-electron chi connectivity index (χ2n) is 4.32. The molecule has 0 radical (unpaired) electrons. The third-order valence-corrected chi connectivity index (χ3v) is 3.46. The van der Waals surface area contributed by atoms with Gasteiger partial charge in [-0.15, -0.1) is 6.58 Å². The Morgan fingerprint density at radius 3 is 2.65 bits per heavy atom. The van der Waals surface area contributed by atoms with Crippen LogP contribution in [0.4, 0.5) is 0 Å². The Labute approximate surface area is 132 Å². The van der Waals surface area contributed by atoms with E-state index in [2.05, 4.69) is 35.2 Å². The van der Waals surface area contributed by atoms with Gasteiger partial charge in [0.05, 0.1) is 5.56 Å². The molecular formula is C17H14INO. The number of allylic oxidation sites excluding steroid dienone is 1. The summed E-state index contributed by atoms with van der Waals surface area (Å²) in [7, 11) is 0. The minimum Gasteiger partial charge on any atom is -0.487 e. The van der Waals surface area contributed by atoms with E-state index < -0.39 is 0 Å². The summed E-state index contributed by atoms with van der Waals surface area (Å²) in [5, 5.41) is 9.27. The van der Waals surface area contributed by atoms with Crippen LogP contribution in [0.2, 0.25) is 0 Å². The summed E-state index contributed by atoms with van der Waals surface area (Å²) in [6.07, 6.45) is 2.51. The summed E-state index contributed by atoms with van der Waals surface area (Å²) in [6.45, 7) is 4.22. The smallest absolute Gasteiger partial charge is 0.141 e. The quantitative estimate of drug-likeness (QED) is 0.571. The highest BCUT2D eigenvalue weighted by Gasteiger charge is 2.11. The fraction of sp³-hybridized carbons (Fsp3) is 0.118. The monoisotopic (exact) mass is 375 g/mol. The zero-order valence-electron chi connectivity index (χ0n) is 11.0. The van der Waals surface area contributed by atoms with Crippen molar-refractivity contribution < 1.29 is 4.74 Å². The van der Waals surface area contributed by atoms with Crippen LogP contribution in [-0.2, 0) is 13.0 Å². The number of ether oxygens (including phenoxy) is 1. The third kappa shape index (κ3) is 3.61. The van der Waals surface area contributed by atoms with E-state index in [0.717, 1.165) is 14.7 Å². The Morgan fingerprint density at radius 2 is 2.00 bits per heavy atom. The summed E-state index contributed by atoms with van der Waals surface area (Å²) in [5.41, 5.74) is 2.66. The normalized spacial score (nSPS) is 9.80. The van der Waals surface area contributed by atoms with E-state index in [1.807, 2.05) is 48.5 Å². The number of hydrogen-bond acceptors (Lipinski definition) is 2. The van der Waals surface area contributed by atoms with E-state index >= 15 is 0 Å². The van der Waals surface area contributed by atoms with Gasteiger partial charge in [0.15, 0.2) is 0 Å². The number of rotatable bonds is 5. The van der Waals surface area contributed by atoms with Crippen LogP contribution in [-0.4, -0.2) is 0 Å². The lowest BCUT2D eigenvalue weighted by Crippen LogP contribution is -2.01. The van der Waals surface area contributed by atoms with Crippen molar-refractivity contribution in [3.8, 4) is 11.8 Å². The van der Waals surface area contributed by atoms with Crippen LogP contribution in [0.15, 0.2) is 55.1 Å². The standard InChI is InChI=1S/C17H14INO/c1-2-6-14-9-16(18)10-15(11-19)17(14)20-12-13-7-4-3-5-8-13/h2-5,7-10H,1,6,12H2. The Morgan fingerprint density at radius 1 is 1.25 bits per heavy atom. The maximum Gasteiger partial charge on any atom is 0.141 e. The highest BCUT2D eigenvalue weighted by Crippen LogP contribution is 2.28. The molecule has 0 aliphatic carbocycles. The minimum absolute atomic E-state index is 0.459. The van der Waals surface area contributed by atoms with Gasteiger partial charge in [0.25, 0.3) is 0 Å². The predicted octanol–water partition coefficient (Wildman–Crippen LogP) is 4.47. The van der Waals surface area contributed by atoms with Crippen molar-refractivity contribution in [2.75, 3.05) is 0 Å². The second-order valence-corrected chi connectivity index (χ2v) is 5.57. The zero-order valence-corrected chi connectivity index (χ0v) is 13.1. The van der Waals surface area contributed by atoms with E-state index in [1.165, 1.54) is 0 Å². The fourth-order valence-corrected chi connectivity index (χ4v) is 2.63. The van der Waals surface area contributed by atoms with E-state index in [-0.39, 0.29) is 0 Å². The minimum atomic E-state index is 0.459. The van der Waals surface area contributed by atoms with Crippen molar-refractivity contribution in [1.82, 2.24) is 0 Å². The molecule has 0 bridgehead atoms. The fourth-order valence-electron chi connectivity index (χ4n) is 1.94.